The number of carbonyl (C=O) groups excluding carboxylic acids is 1. The van der Waals surface area contributed by atoms with Crippen molar-refractivity contribution in [3.05, 3.63) is 66.0 Å². The highest BCUT2D eigenvalue weighted by Crippen LogP contribution is 2.20. The van der Waals surface area contributed by atoms with Crippen molar-refractivity contribution in [2.24, 2.45) is 7.05 Å². The van der Waals surface area contributed by atoms with Crippen LogP contribution >= 0.6 is 0 Å². The summed E-state index contributed by atoms with van der Waals surface area (Å²) >= 11 is 0. The van der Waals surface area contributed by atoms with Crippen LogP contribution in [0.4, 0.5) is 0 Å². The summed E-state index contributed by atoms with van der Waals surface area (Å²) in [4.78, 5) is 19.7. The lowest BCUT2D eigenvalue weighted by Crippen LogP contribution is -2.39. The van der Waals surface area contributed by atoms with Crippen LogP contribution in [0.25, 0.3) is 11.0 Å². The van der Waals surface area contributed by atoms with Gasteiger partial charge in [0.1, 0.15) is 0 Å². The number of morpholine rings is 1. The van der Waals surface area contributed by atoms with Gasteiger partial charge in [0.15, 0.2) is 0 Å². The molecule has 0 radical (unpaired) electrons. The van der Waals surface area contributed by atoms with Gasteiger partial charge < -0.3 is 14.6 Å². The normalized spacial score (nSPS) is 16.2. The summed E-state index contributed by atoms with van der Waals surface area (Å²) in [7, 11) is 1.95. The fourth-order valence-electron chi connectivity index (χ4n) is 3.66. The summed E-state index contributed by atoms with van der Waals surface area (Å²) in [5.41, 5.74) is 3.62. The Morgan fingerprint density at radius 2 is 1.96 bits per heavy atom. The second kappa shape index (κ2) is 8.54. The number of aromatic nitrogens is 2. The number of hydrogen-bond acceptors (Lipinski definition) is 4. The molecule has 1 amide bonds. The lowest BCUT2D eigenvalue weighted by Gasteiger charge is -2.28. The summed E-state index contributed by atoms with van der Waals surface area (Å²) in [6.07, 6.45) is 2.63. The highest BCUT2D eigenvalue weighted by Gasteiger charge is 2.19. The van der Waals surface area contributed by atoms with Crippen molar-refractivity contribution in [1.29, 1.82) is 0 Å². The van der Waals surface area contributed by atoms with E-state index in [1.807, 2.05) is 48.0 Å². The summed E-state index contributed by atoms with van der Waals surface area (Å²) in [5.74, 6) is -0.0663. The Morgan fingerprint density at radius 1 is 1.18 bits per heavy atom. The van der Waals surface area contributed by atoms with Crippen LogP contribution in [0.3, 0.4) is 0 Å². The number of benzene rings is 2. The summed E-state index contributed by atoms with van der Waals surface area (Å²) in [6, 6.07) is 15.8. The SMILES string of the molecule is Cn1cnc2cc(C(=O)N[C@H](CCN3CCOCC3)c3ccccc3)ccc21. The average molecular weight is 378 g/mol. The van der Waals surface area contributed by atoms with E-state index in [0.717, 1.165) is 55.9 Å². The van der Waals surface area contributed by atoms with Crippen molar-refractivity contribution in [2.75, 3.05) is 32.8 Å². The molecule has 1 aliphatic rings. The Kier molecular flexibility index (Phi) is 5.69. The maximum absolute atomic E-state index is 13.0. The predicted molar refractivity (Wildman–Crippen MR) is 109 cm³/mol. The quantitative estimate of drug-likeness (QED) is 0.717. The van der Waals surface area contributed by atoms with E-state index in [1.165, 1.54) is 0 Å². The number of fused-ring (bicyclic) bond motifs is 1. The monoisotopic (exact) mass is 378 g/mol. The minimum absolute atomic E-state index is 0.0315. The van der Waals surface area contributed by atoms with Gasteiger partial charge in [-0.25, -0.2) is 4.98 Å². The molecule has 1 atom stereocenters. The molecule has 1 fully saturated rings. The Balaban J connectivity index is 1.49. The first-order chi connectivity index (χ1) is 13.7. The molecule has 0 unspecified atom stereocenters. The summed E-state index contributed by atoms with van der Waals surface area (Å²) in [6.45, 7) is 4.40. The maximum Gasteiger partial charge on any atom is 0.251 e. The van der Waals surface area contributed by atoms with E-state index in [2.05, 4.69) is 27.3 Å². The molecule has 0 spiro atoms. The minimum atomic E-state index is -0.0663. The van der Waals surface area contributed by atoms with Gasteiger partial charge in [-0.05, 0) is 30.2 Å². The second-order valence-corrected chi connectivity index (χ2v) is 7.24. The number of rotatable bonds is 6. The van der Waals surface area contributed by atoms with Crippen LogP contribution in [0.15, 0.2) is 54.9 Å². The van der Waals surface area contributed by atoms with Crippen molar-refractivity contribution in [3.63, 3.8) is 0 Å². The van der Waals surface area contributed by atoms with Gasteiger partial charge >= 0.3 is 0 Å². The van der Waals surface area contributed by atoms with E-state index in [9.17, 15) is 4.79 Å². The number of carbonyl (C=O) groups is 1. The van der Waals surface area contributed by atoms with Gasteiger partial charge in [0.2, 0.25) is 0 Å². The molecule has 1 aliphatic heterocycles. The average Bonchev–Trinajstić information content (AvgIpc) is 3.12. The molecule has 0 bridgehead atoms. The molecule has 6 heteroatoms. The zero-order chi connectivity index (χ0) is 19.3. The first-order valence-corrected chi connectivity index (χ1v) is 9.78. The Bertz CT molecular complexity index is 932. The molecule has 1 saturated heterocycles. The molecule has 146 valence electrons. The largest absolute Gasteiger partial charge is 0.379 e. The molecule has 6 nitrogen and oxygen atoms in total. The van der Waals surface area contributed by atoms with Crippen molar-refractivity contribution < 1.29 is 9.53 Å². The van der Waals surface area contributed by atoms with E-state index in [1.54, 1.807) is 6.33 Å². The van der Waals surface area contributed by atoms with Crippen LogP contribution in [-0.4, -0.2) is 53.2 Å². The smallest absolute Gasteiger partial charge is 0.251 e. The maximum atomic E-state index is 13.0. The van der Waals surface area contributed by atoms with Crippen molar-refractivity contribution in [2.45, 2.75) is 12.5 Å². The number of ether oxygens (including phenoxy) is 1. The Morgan fingerprint density at radius 3 is 2.75 bits per heavy atom. The van der Waals surface area contributed by atoms with E-state index in [-0.39, 0.29) is 11.9 Å². The van der Waals surface area contributed by atoms with Crippen LogP contribution < -0.4 is 5.32 Å². The molecular formula is C22H26N4O2. The third kappa shape index (κ3) is 4.24. The second-order valence-electron chi connectivity index (χ2n) is 7.24. The Hall–Kier alpha value is -2.70. The van der Waals surface area contributed by atoms with Gasteiger partial charge in [-0.2, -0.15) is 0 Å². The van der Waals surface area contributed by atoms with Crippen LogP contribution in [-0.2, 0) is 11.8 Å². The fraction of sp³-hybridized carbons (Fsp3) is 0.364. The lowest BCUT2D eigenvalue weighted by molar-refractivity contribution is 0.0360. The van der Waals surface area contributed by atoms with Crippen molar-refractivity contribution in [1.82, 2.24) is 19.8 Å². The van der Waals surface area contributed by atoms with Gasteiger partial charge in [0.25, 0.3) is 5.91 Å². The van der Waals surface area contributed by atoms with E-state index in [0.29, 0.717) is 5.56 Å². The van der Waals surface area contributed by atoms with E-state index in [4.69, 9.17) is 4.74 Å². The standard InChI is InChI=1S/C22H26N4O2/c1-25-16-23-20-15-18(7-8-21(20)25)22(27)24-19(17-5-3-2-4-6-17)9-10-26-11-13-28-14-12-26/h2-8,15-16,19H,9-14H2,1H3,(H,24,27)/t19-/m1/s1. The molecule has 2 heterocycles. The number of hydrogen-bond donors (Lipinski definition) is 1. The first-order valence-electron chi connectivity index (χ1n) is 9.78. The first kappa shape index (κ1) is 18.7. The van der Waals surface area contributed by atoms with Gasteiger partial charge in [0, 0.05) is 32.2 Å². The Labute approximate surface area is 165 Å². The third-order valence-electron chi connectivity index (χ3n) is 5.33. The zero-order valence-corrected chi connectivity index (χ0v) is 16.2. The molecule has 28 heavy (non-hydrogen) atoms. The summed E-state index contributed by atoms with van der Waals surface area (Å²) in [5, 5.41) is 3.23. The number of imidazole rings is 1. The van der Waals surface area contributed by atoms with Crippen molar-refractivity contribution in [3.8, 4) is 0 Å². The van der Waals surface area contributed by atoms with Gasteiger partial charge in [-0.15, -0.1) is 0 Å². The molecule has 2 aromatic carbocycles. The van der Waals surface area contributed by atoms with Gasteiger partial charge in [0.05, 0.1) is 36.6 Å². The van der Waals surface area contributed by atoms with Crippen LogP contribution in [0.1, 0.15) is 28.4 Å². The lowest BCUT2D eigenvalue weighted by atomic mass is 10.0. The van der Waals surface area contributed by atoms with Crippen LogP contribution in [0.2, 0.25) is 0 Å². The van der Waals surface area contributed by atoms with Gasteiger partial charge in [-0.3, -0.25) is 9.69 Å². The van der Waals surface area contributed by atoms with Gasteiger partial charge in [-0.1, -0.05) is 30.3 Å². The predicted octanol–water partition coefficient (Wildman–Crippen LogP) is 2.77. The van der Waals surface area contributed by atoms with Crippen LogP contribution in [0, 0.1) is 0 Å². The van der Waals surface area contributed by atoms with E-state index >= 15 is 0 Å². The number of aryl methyl sites for hydroxylation is 1. The molecule has 0 saturated carbocycles. The molecule has 4 rings (SSSR count). The summed E-state index contributed by atoms with van der Waals surface area (Å²) < 4.78 is 7.38. The van der Waals surface area contributed by atoms with E-state index < -0.39 is 0 Å². The molecule has 3 aromatic rings. The molecule has 1 N–H and O–H groups in total. The third-order valence-corrected chi connectivity index (χ3v) is 5.33. The number of nitrogens with one attached hydrogen (secondary N) is 1. The molecular weight excluding hydrogens is 352 g/mol. The number of nitrogens with zero attached hydrogens (tertiary/aromatic N) is 3. The molecule has 0 aliphatic carbocycles. The molecule has 1 aromatic heterocycles. The fourth-order valence-corrected chi connectivity index (χ4v) is 3.66. The highest BCUT2D eigenvalue weighted by atomic mass is 16.5. The van der Waals surface area contributed by atoms with Crippen LogP contribution in [0.5, 0.6) is 0 Å². The highest BCUT2D eigenvalue weighted by molar-refractivity contribution is 5.97. The van der Waals surface area contributed by atoms with Crippen molar-refractivity contribution >= 4 is 16.9 Å². The topological polar surface area (TPSA) is 59.4 Å². The number of amides is 1. The minimum Gasteiger partial charge on any atom is -0.379 e. The zero-order valence-electron chi connectivity index (χ0n) is 16.2.